The fourth-order valence-electron chi connectivity index (χ4n) is 2.24. The van der Waals surface area contributed by atoms with Crippen LogP contribution in [0.4, 0.5) is 0 Å². The first-order chi connectivity index (χ1) is 7.90. The van der Waals surface area contributed by atoms with Crippen LogP contribution in [0.2, 0.25) is 0 Å². The van der Waals surface area contributed by atoms with Crippen LogP contribution in [-0.4, -0.2) is 10.9 Å². The molecule has 0 amide bonds. The summed E-state index contributed by atoms with van der Waals surface area (Å²) in [5.41, 5.74) is 0.376. The summed E-state index contributed by atoms with van der Waals surface area (Å²) >= 11 is 5.65. The summed E-state index contributed by atoms with van der Waals surface area (Å²) in [6, 6.07) is 0. The molecule has 1 atom stereocenters. The minimum Gasteiger partial charge on any atom is -0.446 e. The molecule has 0 bridgehead atoms. The van der Waals surface area contributed by atoms with Gasteiger partial charge in [0.2, 0.25) is 0 Å². The molecule has 0 aliphatic heterocycles. The molecule has 0 saturated carbocycles. The Bertz CT molecular complexity index is 327. The van der Waals surface area contributed by atoms with Crippen LogP contribution in [0.25, 0.3) is 0 Å². The van der Waals surface area contributed by atoms with Gasteiger partial charge in [-0.05, 0) is 24.2 Å². The van der Waals surface area contributed by atoms with Gasteiger partial charge < -0.3 is 4.42 Å². The van der Waals surface area contributed by atoms with Crippen molar-refractivity contribution in [3.8, 4) is 0 Å². The van der Waals surface area contributed by atoms with Crippen molar-refractivity contribution in [2.24, 2.45) is 11.3 Å². The molecule has 1 heterocycles. The lowest BCUT2D eigenvalue weighted by Crippen LogP contribution is -2.12. The molecule has 0 aromatic carbocycles. The van der Waals surface area contributed by atoms with Crippen molar-refractivity contribution in [3.05, 3.63) is 17.8 Å². The van der Waals surface area contributed by atoms with Gasteiger partial charge in [0, 0.05) is 18.7 Å². The Kier molecular flexibility index (Phi) is 5.51. The Morgan fingerprint density at radius 1 is 1.41 bits per heavy atom. The molecule has 98 valence electrons. The molecule has 1 unspecified atom stereocenters. The number of rotatable bonds is 6. The number of aryl methyl sites for hydroxylation is 1. The predicted octanol–water partition coefficient (Wildman–Crippen LogP) is 4.46. The highest BCUT2D eigenvalue weighted by Crippen LogP contribution is 2.26. The largest absolute Gasteiger partial charge is 0.446 e. The van der Waals surface area contributed by atoms with Gasteiger partial charge in [0.25, 0.3) is 0 Å². The number of alkyl halides is 1. The van der Waals surface area contributed by atoms with Crippen LogP contribution >= 0.6 is 11.6 Å². The summed E-state index contributed by atoms with van der Waals surface area (Å²) in [7, 11) is 0. The first kappa shape index (κ1) is 14.6. The molecule has 0 aliphatic carbocycles. The summed E-state index contributed by atoms with van der Waals surface area (Å²) in [4.78, 5) is 4.28. The van der Waals surface area contributed by atoms with E-state index >= 15 is 0 Å². The van der Waals surface area contributed by atoms with E-state index in [0.717, 1.165) is 30.9 Å². The van der Waals surface area contributed by atoms with E-state index in [1.807, 2.05) is 6.20 Å². The van der Waals surface area contributed by atoms with Crippen LogP contribution in [0.1, 0.15) is 52.2 Å². The maximum absolute atomic E-state index is 5.70. The summed E-state index contributed by atoms with van der Waals surface area (Å²) < 4.78 is 5.70. The molecule has 0 N–H and O–H groups in total. The van der Waals surface area contributed by atoms with E-state index in [9.17, 15) is 0 Å². The quantitative estimate of drug-likeness (QED) is 0.703. The second kappa shape index (κ2) is 6.44. The van der Waals surface area contributed by atoms with Crippen LogP contribution in [0.5, 0.6) is 0 Å². The fourth-order valence-corrected chi connectivity index (χ4v) is 2.37. The highest BCUT2D eigenvalue weighted by molar-refractivity contribution is 6.17. The second-order valence-corrected chi connectivity index (χ2v) is 6.46. The average molecular weight is 258 g/mol. The lowest BCUT2D eigenvalue weighted by atomic mass is 9.84. The third-order valence-corrected chi connectivity index (χ3v) is 2.90. The van der Waals surface area contributed by atoms with E-state index in [2.05, 4.69) is 32.7 Å². The minimum atomic E-state index is 0.376. The summed E-state index contributed by atoms with van der Waals surface area (Å²) in [5, 5.41) is 0. The fraction of sp³-hybridized carbons (Fsp3) is 0.786. The molecule has 0 aliphatic rings. The maximum Gasteiger partial charge on any atom is 0.194 e. The number of hydrogen-bond acceptors (Lipinski definition) is 2. The van der Waals surface area contributed by atoms with Crippen molar-refractivity contribution in [3.63, 3.8) is 0 Å². The third-order valence-electron chi connectivity index (χ3n) is 2.64. The predicted molar refractivity (Wildman–Crippen MR) is 72.5 cm³/mol. The van der Waals surface area contributed by atoms with Gasteiger partial charge in [-0.15, -0.1) is 11.6 Å². The van der Waals surface area contributed by atoms with Crippen LogP contribution in [0, 0.1) is 11.3 Å². The monoisotopic (exact) mass is 257 g/mol. The molecular formula is C14H24ClNO. The van der Waals surface area contributed by atoms with Crippen LogP contribution < -0.4 is 0 Å². The smallest absolute Gasteiger partial charge is 0.194 e. The molecule has 1 aromatic rings. The van der Waals surface area contributed by atoms with Crippen LogP contribution in [0.15, 0.2) is 10.6 Å². The van der Waals surface area contributed by atoms with Crippen molar-refractivity contribution in [1.29, 1.82) is 0 Å². The van der Waals surface area contributed by atoms with E-state index in [4.69, 9.17) is 16.0 Å². The minimum absolute atomic E-state index is 0.376. The first-order valence-electron chi connectivity index (χ1n) is 6.40. The Hall–Kier alpha value is -0.500. The highest BCUT2D eigenvalue weighted by atomic mass is 35.5. The molecule has 2 nitrogen and oxygen atoms in total. The maximum atomic E-state index is 5.70. The molecule has 1 rings (SSSR count). The Balaban J connectivity index is 2.43. The van der Waals surface area contributed by atoms with Gasteiger partial charge in [0.1, 0.15) is 5.76 Å². The molecule has 0 spiro atoms. The first-order valence-corrected chi connectivity index (χ1v) is 6.94. The van der Waals surface area contributed by atoms with Gasteiger partial charge in [-0.25, -0.2) is 4.98 Å². The van der Waals surface area contributed by atoms with Gasteiger partial charge in [-0.2, -0.15) is 0 Å². The Morgan fingerprint density at radius 3 is 2.71 bits per heavy atom. The molecular weight excluding hydrogens is 234 g/mol. The Morgan fingerprint density at radius 2 is 2.12 bits per heavy atom. The summed E-state index contributed by atoms with van der Waals surface area (Å²) in [5.74, 6) is 3.12. The molecule has 1 aromatic heterocycles. The van der Waals surface area contributed by atoms with Crippen molar-refractivity contribution in [2.45, 2.75) is 53.4 Å². The van der Waals surface area contributed by atoms with Crippen molar-refractivity contribution >= 4 is 11.6 Å². The van der Waals surface area contributed by atoms with Gasteiger partial charge in [0.05, 0.1) is 6.20 Å². The summed E-state index contributed by atoms with van der Waals surface area (Å²) in [6.45, 7) is 9.09. The molecule has 0 fully saturated rings. The topological polar surface area (TPSA) is 26.0 Å². The SMILES string of the molecule is CC(Cc1cnc(CCCCl)o1)CC(C)(C)C. The normalized spacial score (nSPS) is 13.9. The second-order valence-electron chi connectivity index (χ2n) is 6.09. The van der Waals surface area contributed by atoms with E-state index < -0.39 is 0 Å². The van der Waals surface area contributed by atoms with Crippen molar-refractivity contribution < 1.29 is 4.42 Å². The standard InChI is InChI=1S/C14H24ClNO/c1-11(9-14(2,3)4)8-12-10-16-13(17-12)6-5-7-15/h10-11H,5-9H2,1-4H3. The molecule has 0 radical (unpaired) electrons. The van der Waals surface area contributed by atoms with Gasteiger partial charge in [-0.1, -0.05) is 27.7 Å². The Labute approximate surface area is 110 Å². The zero-order chi connectivity index (χ0) is 12.9. The number of oxazole rings is 1. The number of aromatic nitrogens is 1. The number of halogens is 1. The van der Waals surface area contributed by atoms with Crippen molar-refractivity contribution in [2.75, 3.05) is 5.88 Å². The zero-order valence-electron chi connectivity index (χ0n) is 11.4. The van der Waals surface area contributed by atoms with Crippen molar-refractivity contribution in [1.82, 2.24) is 4.98 Å². The van der Waals surface area contributed by atoms with E-state index in [0.29, 0.717) is 17.2 Å². The lowest BCUT2D eigenvalue weighted by molar-refractivity contribution is 0.294. The van der Waals surface area contributed by atoms with Gasteiger partial charge in [-0.3, -0.25) is 0 Å². The lowest BCUT2D eigenvalue weighted by Gasteiger charge is -2.22. The van der Waals surface area contributed by atoms with E-state index in [-0.39, 0.29) is 0 Å². The molecule has 3 heteroatoms. The van der Waals surface area contributed by atoms with Gasteiger partial charge >= 0.3 is 0 Å². The third kappa shape index (κ3) is 6.11. The summed E-state index contributed by atoms with van der Waals surface area (Å²) in [6.07, 6.45) is 5.81. The zero-order valence-corrected chi connectivity index (χ0v) is 12.2. The van der Waals surface area contributed by atoms with Gasteiger partial charge in [0.15, 0.2) is 5.89 Å². The van der Waals surface area contributed by atoms with Crippen LogP contribution in [-0.2, 0) is 12.8 Å². The number of nitrogens with zero attached hydrogens (tertiary/aromatic N) is 1. The highest BCUT2D eigenvalue weighted by Gasteiger charge is 2.17. The van der Waals surface area contributed by atoms with E-state index in [1.54, 1.807) is 0 Å². The number of hydrogen-bond donors (Lipinski definition) is 0. The average Bonchev–Trinajstić information content (AvgIpc) is 2.59. The van der Waals surface area contributed by atoms with Crippen LogP contribution in [0.3, 0.4) is 0 Å². The molecule has 17 heavy (non-hydrogen) atoms. The van der Waals surface area contributed by atoms with E-state index in [1.165, 1.54) is 6.42 Å². The molecule has 0 saturated heterocycles.